The highest BCUT2D eigenvalue weighted by molar-refractivity contribution is 4.99. The number of piperazine rings is 1. The molecule has 0 spiro atoms. The van der Waals surface area contributed by atoms with E-state index in [4.69, 9.17) is 0 Å². The van der Waals surface area contributed by atoms with Crippen LogP contribution < -0.4 is 5.32 Å². The molecule has 1 aliphatic heterocycles. The van der Waals surface area contributed by atoms with Crippen LogP contribution >= 0.6 is 0 Å². The van der Waals surface area contributed by atoms with Crippen molar-refractivity contribution in [1.29, 1.82) is 0 Å². The van der Waals surface area contributed by atoms with Crippen molar-refractivity contribution in [3.05, 3.63) is 0 Å². The summed E-state index contributed by atoms with van der Waals surface area (Å²) < 4.78 is 0. The molecule has 2 aliphatic carbocycles. The van der Waals surface area contributed by atoms with Crippen molar-refractivity contribution < 1.29 is 0 Å². The highest BCUT2D eigenvalue weighted by Crippen LogP contribution is 2.38. The second-order valence-corrected chi connectivity index (χ2v) is 8.58. The smallest absolute Gasteiger partial charge is 0.0272 e. The van der Waals surface area contributed by atoms with Crippen molar-refractivity contribution in [2.24, 2.45) is 11.3 Å². The van der Waals surface area contributed by atoms with Crippen LogP contribution in [0.5, 0.6) is 0 Å². The van der Waals surface area contributed by atoms with Crippen molar-refractivity contribution in [2.75, 3.05) is 13.1 Å². The summed E-state index contributed by atoms with van der Waals surface area (Å²) in [7, 11) is 0. The summed E-state index contributed by atoms with van der Waals surface area (Å²) in [4.78, 5) is 2.94. The summed E-state index contributed by atoms with van der Waals surface area (Å²) in [5.41, 5.74) is 0.397. The van der Waals surface area contributed by atoms with Crippen molar-refractivity contribution in [2.45, 2.75) is 90.3 Å². The van der Waals surface area contributed by atoms with Crippen LogP contribution in [0, 0.1) is 11.3 Å². The van der Waals surface area contributed by atoms with Gasteiger partial charge < -0.3 is 5.32 Å². The standard InChI is InChI=1S/C18H34N2/c1-18(2,3)17-12-19-16(14-10-11-14)13-20(17)15-8-6-4-5-7-9-15/h14-17,19H,4-13H2,1-3H3. The average molecular weight is 278 g/mol. The summed E-state index contributed by atoms with van der Waals surface area (Å²) in [5, 5.41) is 3.88. The third-order valence-corrected chi connectivity index (χ3v) is 5.87. The Labute approximate surface area is 125 Å². The fourth-order valence-electron chi connectivity index (χ4n) is 4.41. The molecule has 0 bridgehead atoms. The Balaban J connectivity index is 1.72. The van der Waals surface area contributed by atoms with E-state index in [1.54, 1.807) is 0 Å². The lowest BCUT2D eigenvalue weighted by Crippen LogP contribution is -2.63. The normalized spacial score (nSPS) is 35.0. The van der Waals surface area contributed by atoms with Gasteiger partial charge in [-0.05, 0) is 37.0 Å². The Morgan fingerprint density at radius 1 is 0.900 bits per heavy atom. The van der Waals surface area contributed by atoms with Gasteiger partial charge in [0.1, 0.15) is 0 Å². The van der Waals surface area contributed by atoms with Gasteiger partial charge in [-0.3, -0.25) is 4.90 Å². The maximum absolute atomic E-state index is 3.88. The molecule has 2 unspecified atom stereocenters. The topological polar surface area (TPSA) is 15.3 Å². The Hall–Kier alpha value is -0.0800. The minimum absolute atomic E-state index is 0.397. The fourth-order valence-corrected chi connectivity index (χ4v) is 4.41. The summed E-state index contributed by atoms with van der Waals surface area (Å²) >= 11 is 0. The average Bonchev–Trinajstić information content (AvgIpc) is 3.24. The molecular weight excluding hydrogens is 244 g/mol. The quantitative estimate of drug-likeness (QED) is 0.773. The predicted molar refractivity (Wildman–Crippen MR) is 86.0 cm³/mol. The first-order chi connectivity index (χ1) is 9.55. The first-order valence-corrected chi connectivity index (χ1v) is 9.05. The molecule has 2 saturated carbocycles. The number of nitrogens with zero attached hydrogens (tertiary/aromatic N) is 1. The van der Waals surface area contributed by atoms with E-state index in [1.165, 1.54) is 64.5 Å². The predicted octanol–water partition coefficient (Wildman–Crippen LogP) is 3.81. The molecule has 1 heterocycles. The van der Waals surface area contributed by atoms with E-state index >= 15 is 0 Å². The molecule has 2 atom stereocenters. The molecular formula is C18H34N2. The van der Waals surface area contributed by atoms with Crippen molar-refractivity contribution in [3.63, 3.8) is 0 Å². The van der Waals surface area contributed by atoms with Gasteiger partial charge in [0, 0.05) is 31.2 Å². The van der Waals surface area contributed by atoms with Crippen LogP contribution in [0.4, 0.5) is 0 Å². The fraction of sp³-hybridized carbons (Fsp3) is 1.00. The van der Waals surface area contributed by atoms with Crippen LogP contribution in [-0.4, -0.2) is 36.1 Å². The second kappa shape index (κ2) is 5.96. The number of nitrogens with one attached hydrogen (secondary N) is 1. The van der Waals surface area contributed by atoms with E-state index in [0.717, 1.165) is 24.0 Å². The molecule has 116 valence electrons. The SMILES string of the molecule is CC(C)(C)C1CNC(C2CC2)CN1C1CCCCCC1. The van der Waals surface area contributed by atoms with Crippen LogP contribution in [0.25, 0.3) is 0 Å². The van der Waals surface area contributed by atoms with Gasteiger partial charge in [-0.1, -0.05) is 46.5 Å². The largest absolute Gasteiger partial charge is 0.311 e. The molecule has 0 amide bonds. The molecule has 20 heavy (non-hydrogen) atoms. The van der Waals surface area contributed by atoms with E-state index in [9.17, 15) is 0 Å². The van der Waals surface area contributed by atoms with Crippen molar-refractivity contribution in [3.8, 4) is 0 Å². The molecule has 1 saturated heterocycles. The van der Waals surface area contributed by atoms with E-state index in [2.05, 4.69) is 31.0 Å². The second-order valence-electron chi connectivity index (χ2n) is 8.58. The van der Waals surface area contributed by atoms with Gasteiger partial charge in [0.25, 0.3) is 0 Å². The van der Waals surface area contributed by atoms with Gasteiger partial charge in [0.15, 0.2) is 0 Å². The van der Waals surface area contributed by atoms with Crippen molar-refractivity contribution in [1.82, 2.24) is 10.2 Å². The summed E-state index contributed by atoms with van der Waals surface area (Å²) in [6, 6.07) is 2.38. The maximum Gasteiger partial charge on any atom is 0.0272 e. The minimum Gasteiger partial charge on any atom is -0.311 e. The van der Waals surface area contributed by atoms with Gasteiger partial charge >= 0.3 is 0 Å². The maximum atomic E-state index is 3.88. The monoisotopic (exact) mass is 278 g/mol. The van der Waals surface area contributed by atoms with Gasteiger partial charge in [0.2, 0.25) is 0 Å². The van der Waals surface area contributed by atoms with Gasteiger partial charge in [-0.2, -0.15) is 0 Å². The van der Waals surface area contributed by atoms with Crippen LogP contribution in [0.2, 0.25) is 0 Å². The van der Waals surface area contributed by atoms with E-state index in [-0.39, 0.29) is 0 Å². The van der Waals surface area contributed by atoms with Crippen LogP contribution in [0.15, 0.2) is 0 Å². The minimum atomic E-state index is 0.397. The van der Waals surface area contributed by atoms with E-state index in [1.807, 2.05) is 0 Å². The molecule has 3 rings (SSSR count). The van der Waals surface area contributed by atoms with Gasteiger partial charge in [0.05, 0.1) is 0 Å². The lowest BCUT2D eigenvalue weighted by Gasteiger charge is -2.50. The number of hydrogen-bond acceptors (Lipinski definition) is 2. The summed E-state index contributed by atoms with van der Waals surface area (Å²) in [5.74, 6) is 0.990. The van der Waals surface area contributed by atoms with Crippen LogP contribution in [0.3, 0.4) is 0 Å². The third kappa shape index (κ3) is 3.39. The van der Waals surface area contributed by atoms with E-state index in [0.29, 0.717) is 5.41 Å². The van der Waals surface area contributed by atoms with Crippen LogP contribution in [-0.2, 0) is 0 Å². The summed E-state index contributed by atoms with van der Waals surface area (Å²) in [6.45, 7) is 9.82. The van der Waals surface area contributed by atoms with E-state index < -0.39 is 0 Å². The molecule has 0 aromatic heterocycles. The molecule has 0 aromatic rings. The van der Waals surface area contributed by atoms with Gasteiger partial charge in [-0.25, -0.2) is 0 Å². The molecule has 0 aromatic carbocycles. The highest BCUT2D eigenvalue weighted by Gasteiger charge is 2.42. The Morgan fingerprint density at radius 3 is 2.10 bits per heavy atom. The Kier molecular flexibility index (Phi) is 4.42. The first kappa shape index (κ1) is 14.8. The molecule has 2 nitrogen and oxygen atoms in total. The Bertz CT molecular complexity index is 308. The lowest BCUT2D eigenvalue weighted by molar-refractivity contribution is 0.0116. The van der Waals surface area contributed by atoms with Gasteiger partial charge in [-0.15, -0.1) is 0 Å². The first-order valence-electron chi connectivity index (χ1n) is 9.05. The molecule has 2 heteroatoms. The van der Waals surface area contributed by atoms with Crippen LogP contribution in [0.1, 0.15) is 72.1 Å². The zero-order chi connectivity index (χ0) is 14.2. The third-order valence-electron chi connectivity index (χ3n) is 5.87. The molecule has 3 aliphatic rings. The molecule has 3 fully saturated rings. The zero-order valence-electron chi connectivity index (χ0n) is 13.8. The molecule has 1 N–H and O–H groups in total. The lowest BCUT2D eigenvalue weighted by atomic mass is 9.82. The summed E-state index contributed by atoms with van der Waals surface area (Å²) in [6.07, 6.45) is 11.7. The Morgan fingerprint density at radius 2 is 1.55 bits per heavy atom. The zero-order valence-corrected chi connectivity index (χ0v) is 13.8. The van der Waals surface area contributed by atoms with Crippen molar-refractivity contribution >= 4 is 0 Å². The number of hydrogen-bond donors (Lipinski definition) is 1. The highest BCUT2D eigenvalue weighted by atomic mass is 15.3. The number of rotatable bonds is 2. The molecule has 0 radical (unpaired) electrons.